The van der Waals surface area contributed by atoms with E-state index in [0.717, 1.165) is 12.1 Å². The predicted octanol–water partition coefficient (Wildman–Crippen LogP) is 1.71. The molecule has 3 heterocycles. The van der Waals surface area contributed by atoms with Crippen LogP contribution in [0.2, 0.25) is 0 Å². The summed E-state index contributed by atoms with van der Waals surface area (Å²) in [5.74, 6) is -0.184. The van der Waals surface area contributed by atoms with Crippen LogP contribution in [0.5, 0.6) is 5.88 Å². The fourth-order valence-electron chi connectivity index (χ4n) is 2.31. The van der Waals surface area contributed by atoms with E-state index < -0.39 is 18.9 Å². The molecule has 1 radical (unpaired) electrons. The summed E-state index contributed by atoms with van der Waals surface area (Å²) in [4.78, 5) is 12.2. The topological polar surface area (TPSA) is 94.1 Å². The van der Waals surface area contributed by atoms with Crippen molar-refractivity contribution in [3.8, 4) is 5.88 Å². The molecule has 10 heteroatoms. The number of aromatic nitrogens is 4. The van der Waals surface area contributed by atoms with E-state index in [2.05, 4.69) is 20.6 Å². The number of amides is 1. The molecule has 129 valence electrons. The summed E-state index contributed by atoms with van der Waals surface area (Å²) in [5.41, 5.74) is 0.930. The molecule has 0 spiro atoms. The lowest BCUT2D eigenvalue weighted by molar-refractivity contribution is 0.0792. The van der Waals surface area contributed by atoms with E-state index >= 15 is 0 Å². The quantitative estimate of drug-likeness (QED) is 0.835. The summed E-state index contributed by atoms with van der Waals surface area (Å²) in [6.45, 7) is -0.193. The van der Waals surface area contributed by atoms with E-state index in [1.54, 1.807) is 6.07 Å². The molecule has 0 bridgehead atoms. The van der Waals surface area contributed by atoms with Crippen LogP contribution in [0, 0.1) is 6.42 Å². The maximum atomic E-state index is 12.2. The first-order chi connectivity index (χ1) is 11.5. The van der Waals surface area contributed by atoms with E-state index in [-0.39, 0.29) is 17.7 Å². The predicted molar refractivity (Wildman–Crippen MR) is 78.9 cm³/mol. The van der Waals surface area contributed by atoms with Gasteiger partial charge in [0.2, 0.25) is 5.88 Å². The van der Waals surface area contributed by atoms with E-state index in [1.807, 2.05) is 6.42 Å². The average molecular weight is 340 g/mol. The Hall–Kier alpha value is -2.49. The third-order valence-corrected chi connectivity index (χ3v) is 3.43. The maximum absolute atomic E-state index is 12.2. The lowest BCUT2D eigenvalue weighted by atomic mass is 10.2. The molecule has 0 aromatic carbocycles. The van der Waals surface area contributed by atoms with E-state index in [0.29, 0.717) is 12.4 Å². The molecule has 8 nitrogen and oxygen atoms in total. The summed E-state index contributed by atoms with van der Waals surface area (Å²) in [6, 6.07) is 2.98. The smallest absolute Gasteiger partial charge is 0.275 e. The number of halogens is 2. The van der Waals surface area contributed by atoms with Crippen molar-refractivity contribution in [2.24, 2.45) is 7.05 Å². The average Bonchev–Trinajstić information content (AvgIpc) is 3.24. The lowest BCUT2D eigenvalue weighted by Crippen LogP contribution is -2.16. The van der Waals surface area contributed by atoms with Crippen molar-refractivity contribution in [2.45, 2.75) is 19.0 Å². The van der Waals surface area contributed by atoms with Crippen LogP contribution in [-0.2, 0) is 11.8 Å². The minimum atomic E-state index is -2.61. The molecule has 0 aliphatic carbocycles. The minimum Gasteiger partial charge on any atom is -0.471 e. The zero-order valence-electron chi connectivity index (χ0n) is 12.8. The number of rotatable bonds is 6. The molecule has 1 fully saturated rings. The number of nitrogens with one attached hydrogen (secondary N) is 2. The third-order valence-electron chi connectivity index (χ3n) is 3.43. The van der Waals surface area contributed by atoms with Gasteiger partial charge in [-0.2, -0.15) is 5.10 Å². The van der Waals surface area contributed by atoms with Gasteiger partial charge in [0.25, 0.3) is 12.3 Å². The van der Waals surface area contributed by atoms with Gasteiger partial charge in [0, 0.05) is 19.2 Å². The number of aryl methyl sites for hydroxylation is 1. The monoisotopic (exact) mass is 340 g/mol. The molecule has 3 rings (SSSR count). The molecule has 1 saturated heterocycles. The second-order valence-electron chi connectivity index (χ2n) is 5.20. The number of carbonyl (C=O) groups is 1. The molecule has 1 aliphatic rings. The first kappa shape index (κ1) is 16.4. The van der Waals surface area contributed by atoms with Gasteiger partial charge in [0.05, 0.1) is 18.4 Å². The Kier molecular flexibility index (Phi) is 4.74. The zero-order valence-corrected chi connectivity index (χ0v) is 12.8. The summed E-state index contributed by atoms with van der Waals surface area (Å²) >= 11 is 0. The summed E-state index contributed by atoms with van der Waals surface area (Å²) in [7, 11) is 1.52. The van der Waals surface area contributed by atoms with Gasteiger partial charge in [-0.15, -0.1) is 5.10 Å². The van der Waals surface area contributed by atoms with Crippen molar-refractivity contribution in [1.82, 2.24) is 20.0 Å². The van der Waals surface area contributed by atoms with Crippen molar-refractivity contribution in [1.29, 1.82) is 0 Å². The number of alkyl halides is 2. The highest BCUT2D eigenvalue weighted by atomic mass is 19.3. The number of ether oxygens (including phenoxy) is 2. The van der Waals surface area contributed by atoms with Crippen molar-refractivity contribution < 1.29 is 23.0 Å². The largest absolute Gasteiger partial charge is 0.471 e. The Morgan fingerprint density at radius 1 is 1.58 bits per heavy atom. The Bertz CT molecular complexity index is 709. The SMILES string of the molecule is Cn1nc(OCC(F)F)cc1C(=O)Nc1cc([C@H]2C[CH]CO2)[nH]n1. The van der Waals surface area contributed by atoms with Crippen LogP contribution < -0.4 is 10.1 Å². The van der Waals surface area contributed by atoms with Crippen molar-refractivity contribution in [2.75, 3.05) is 18.5 Å². The van der Waals surface area contributed by atoms with Gasteiger partial charge in [0.1, 0.15) is 5.69 Å². The van der Waals surface area contributed by atoms with Crippen molar-refractivity contribution in [3.05, 3.63) is 29.9 Å². The van der Waals surface area contributed by atoms with Crippen LogP contribution in [0.25, 0.3) is 0 Å². The Morgan fingerprint density at radius 3 is 3.12 bits per heavy atom. The molecule has 2 aromatic heterocycles. The van der Waals surface area contributed by atoms with Gasteiger partial charge < -0.3 is 14.8 Å². The number of carbonyl (C=O) groups excluding carboxylic acids is 1. The Labute approximate surface area is 136 Å². The molecule has 0 unspecified atom stereocenters. The normalized spacial score (nSPS) is 17.4. The van der Waals surface area contributed by atoms with E-state index in [9.17, 15) is 13.6 Å². The standard InChI is InChI=1S/C14H16F2N5O3/c1-21-9(6-13(20-21)24-7-11(15)16)14(22)17-12-5-8(18-19-12)10-3-2-4-23-10/h2,5-6,10-11H,3-4,7H2,1H3,(H2,17,18,19,22)/t10-/m1/s1. The zero-order chi connectivity index (χ0) is 17.1. The number of aromatic amines is 1. The van der Waals surface area contributed by atoms with Crippen LogP contribution in [0.4, 0.5) is 14.6 Å². The van der Waals surface area contributed by atoms with Gasteiger partial charge in [-0.1, -0.05) is 0 Å². The molecule has 2 aromatic rings. The lowest BCUT2D eigenvalue weighted by Gasteiger charge is -2.04. The Balaban J connectivity index is 1.64. The number of hydrogen-bond donors (Lipinski definition) is 2. The van der Waals surface area contributed by atoms with E-state index in [1.165, 1.54) is 17.8 Å². The number of nitrogens with zero attached hydrogens (tertiary/aromatic N) is 3. The highest BCUT2D eigenvalue weighted by molar-refractivity contribution is 6.02. The van der Waals surface area contributed by atoms with Gasteiger partial charge in [-0.25, -0.2) is 8.78 Å². The molecule has 24 heavy (non-hydrogen) atoms. The summed E-state index contributed by atoms with van der Waals surface area (Å²) < 4.78 is 35.8. The number of H-pyrrole nitrogens is 1. The Morgan fingerprint density at radius 2 is 2.42 bits per heavy atom. The van der Waals surface area contributed by atoms with Gasteiger partial charge in [-0.3, -0.25) is 14.6 Å². The molecule has 1 aliphatic heterocycles. The third kappa shape index (κ3) is 3.70. The summed E-state index contributed by atoms with van der Waals surface area (Å²) in [6.07, 6.45) is 0.0960. The van der Waals surface area contributed by atoms with Crippen LogP contribution >= 0.6 is 0 Å². The van der Waals surface area contributed by atoms with Crippen LogP contribution in [0.3, 0.4) is 0 Å². The van der Waals surface area contributed by atoms with Gasteiger partial charge >= 0.3 is 0 Å². The van der Waals surface area contributed by atoms with Crippen LogP contribution in [0.15, 0.2) is 12.1 Å². The minimum absolute atomic E-state index is 0.0411. The second-order valence-corrected chi connectivity index (χ2v) is 5.20. The van der Waals surface area contributed by atoms with E-state index in [4.69, 9.17) is 9.47 Å². The molecular weight excluding hydrogens is 324 g/mol. The fourth-order valence-corrected chi connectivity index (χ4v) is 2.31. The van der Waals surface area contributed by atoms with Crippen molar-refractivity contribution >= 4 is 11.7 Å². The van der Waals surface area contributed by atoms with Crippen LogP contribution in [-0.4, -0.2) is 45.5 Å². The fraction of sp³-hybridized carbons (Fsp3) is 0.429. The molecular formula is C14H16F2N5O3. The molecule has 1 atom stereocenters. The van der Waals surface area contributed by atoms with Gasteiger partial charge in [-0.05, 0) is 12.8 Å². The van der Waals surface area contributed by atoms with Crippen LogP contribution in [0.1, 0.15) is 28.7 Å². The summed E-state index contributed by atoms with van der Waals surface area (Å²) in [5, 5.41) is 13.3. The van der Waals surface area contributed by atoms with Crippen molar-refractivity contribution in [3.63, 3.8) is 0 Å². The first-order valence-corrected chi connectivity index (χ1v) is 7.28. The van der Waals surface area contributed by atoms with Gasteiger partial charge in [0.15, 0.2) is 12.4 Å². The first-order valence-electron chi connectivity index (χ1n) is 7.28. The highest BCUT2D eigenvalue weighted by Gasteiger charge is 2.21. The molecule has 0 saturated carbocycles. The molecule has 1 amide bonds. The highest BCUT2D eigenvalue weighted by Crippen LogP contribution is 2.27. The maximum Gasteiger partial charge on any atom is 0.275 e. The molecule has 2 N–H and O–H groups in total. The second kappa shape index (κ2) is 6.95. The number of hydrogen-bond acceptors (Lipinski definition) is 5. The number of anilines is 1.